The topological polar surface area (TPSA) is 46.2 Å². The molecule has 0 spiro atoms. The van der Waals surface area contributed by atoms with Gasteiger partial charge in [-0.3, -0.25) is 14.9 Å². The second kappa shape index (κ2) is 2.60. The first-order valence-corrected chi connectivity index (χ1v) is 5.31. The summed E-state index contributed by atoms with van der Waals surface area (Å²) in [6.07, 6.45) is 4.18. The smallest absolute Gasteiger partial charge is 0.231 e. The van der Waals surface area contributed by atoms with Gasteiger partial charge in [-0.15, -0.1) is 0 Å². The molecule has 0 aromatic carbocycles. The molecule has 1 aliphatic heterocycles. The third kappa shape index (κ3) is 0.907. The van der Waals surface area contributed by atoms with Gasteiger partial charge in [0.2, 0.25) is 11.8 Å². The summed E-state index contributed by atoms with van der Waals surface area (Å²) in [5.74, 6) is -0.0658. The van der Waals surface area contributed by atoms with Crippen molar-refractivity contribution in [2.24, 2.45) is 23.7 Å². The second-order valence-corrected chi connectivity index (χ2v) is 4.80. The highest BCUT2D eigenvalue weighted by Crippen LogP contribution is 2.54. The number of nitrogens with one attached hydrogen (secondary N) is 1. The molecule has 0 aromatic rings. The molecule has 2 bridgehead atoms. The van der Waals surface area contributed by atoms with E-state index in [1.54, 1.807) is 0 Å². The minimum absolute atomic E-state index is 0.0828. The molecular formula is C12H13NO2. The van der Waals surface area contributed by atoms with Crippen molar-refractivity contribution in [2.45, 2.75) is 13.8 Å². The lowest BCUT2D eigenvalue weighted by Gasteiger charge is -2.13. The molecule has 2 aliphatic carbocycles. The molecule has 78 valence electrons. The number of imide groups is 1. The molecule has 3 aliphatic rings. The van der Waals surface area contributed by atoms with Crippen LogP contribution in [0.2, 0.25) is 0 Å². The van der Waals surface area contributed by atoms with Crippen molar-refractivity contribution in [1.82, 2.24) is 5.32 Å². The summed E-state index contributed by atoms with van der Waals surface area (Å²) in [6.45, 7) is 4.12. The predicted molar refractivity (Wildman–Crippen MR) is 54.6 cm³/mol. The van der Waals surface area contributed by atoms with E-state index in [4.69, 9.17) is 0 Å². The van der Waals surface area contributed by atoms with Gasteiger partial charge in [0.05, 0.1) is 11.8 Å². The fourth-order valence-electron chi connectivity index (χ4n) is 3.35. The van der Waals surface area contributed by atoms with Crippen LogP contribution in [0.25, 0.3) is 0 Å². The maximum absolute atomic E-state index is 11.6. The lowest BCUT2D eigenvalue weighted by Crippen LogP contribution is -2.26. The van der Waals surface area contributed by atoms with E-state index in [2.05, 4.69) is 31.3 Å². The molecule has 0 radical (unpaired) electrons. The Hall–Kier alpha value is -1.38. The Morgan fingerprint density at radius 2 is 1.53 bits per heavy atom. The van der Waals surface area contributed by atoms with Gasteiger partial charge < -0.3 is 0 Å². The Labute approximate surface area is 88.2 Å². The van der Waals surface area contributed by atoms with Gasteiger partial charge in [0.1, 0.15) is 0 Å². The first kappa shape index (κ1) is 8.89. The zero-order valence-electron chi connectivity index (χ0n) is 8.78. The monoisotopic (exact) mass is 203 g/mol. The summed E-state index contributed by atoms with van der Waals surface area (Å²) in [4.78, 5) is 23.3. The third-order valence-corrected chi connectivity index (χ3v) is 3.83. The van der Waals surface area contributed by atoms with Crippen LogP contribution in [0.1, 0.15) is 13.8 Å². The molecule has 3 heteroatoms. The summed E-state index contributed by atoms with van der Waals surface area (Å²) >= 11 is 0. The van der Waals surface area contributed by atoms with Crippen LogP contribution >= 0.6 is 0 Å². The average molecular weight is 203 g/mol. The highest BCUT2D eigenvalue weighted by atomic mass is 16.2. The van der Waals surface area contributed by atoms with Crippen LogP contribution in [0.5, 0.6) is 0 Å². The van der Waals surface area contributed by atoms with Crippen LogP contribution < -0.4 is 5.32 Å². The number of amides is 2. The molecule has 1 saturated carbocycles. The van der Waals surface area contributed by atoms with Crippen LogP contribution in [-0.2, 0) is 9.59 Å². The molecule has 15 heavy (non-hydrogen) atoms. The lowest BCUT2D eigenvalue weighted by molar-refractivity contribution is -0.126. The highest BCUT2D eigenvalue weighted by Gasteiger charge is 2.58. The van der Waals surface area contributed by atoms with Gasteiger partial charge in [0.25, 0.3) is 0 Å². The number of fused-ring (bicyclic) bond motifs is 5. The molecule has 2 amide bonds. The molecule has 1 N–H and O–H groups in total. The summed E-state index contributed by atoms with van der Waals surface area (Å²) in [6, 6.07) is 0. The predicted octanol–water partition coefficient (Wildman–Crippen LogP) is 1.03. The molecule has 3 rings (SSSR count). The van der Waals surface area contributed by atoms with Gasteiger partial charge in [-0.1, -0.05) is 23.3 Å². The molecule has 3 nitrogen and oxygen atoms in total. The minimum Gasteiger partial charge on any atom is -0.296 e. The molecule has 1 heterocycles. The molecular weight excluding hydrogens is 190 g/mol. The summed E-state index contributed by atoms with van der Waals surface area (Å²) in [7, 11) is 0. The minimum atomic E-state index is -0.127. The van der Waals surface area contributed by atoms with Crippen LogP contribution in [0.15, 0.2) is 23.3 Å². The Kier molecular flexibility index (Phi) is 1.54. The second-order valence-electron chi connectivity index (χ2n) is 4.80. The van der Waals surface area contributed by atoms with Crippen LogP contribution in [0.3, 0.4) is 0 Å². The Bertz CT molecular complexity index is 397. The Balaban J connectivity index is 2.13. The van der Waals surface area contributed by atoms with Gasteiger partial charge in [0, 0.05) is 11.8 Å². The first-order valence-electron chi connectivity index (χ1n) is 5.31. The summed E-state index contributed by atoms with van der Waals surface area (Å²) < 4.78 is 0. The standard InChI is InChI=1S/C12H13NO2/c1-5(2)8-6-3-4-7(8)10-9(6)11(14)13-12(10)15/h3-4,6-7,9-10H,1-2H3,(H,13,14,15)/t6-,7-,9-,10+/m1/s1. The van der Waals surface area contributed by atoms with Crippen molar-refractivity contribution < 1.29 is 9.59 Å². The van der Waals surface area contributed by atoms with E-state index < -0.39 is 0 Å². The average Bonchev–Trinajstić information content (AvgIpc) is 2.77. The van der Waals surface area contributed by atoms with Crippen LogP contribution in [0.4, 0.5) is 0 Å². The van der Waals surface area contributed by atoms with Crippen molar-refractivity contribution in [2.75, 3.05) is 0 Å². The molecule has 0 aromatic heterocycles. The lowest BCUT2D eigenvalue weighted by atomic mass is 9.85. The molecule has 2 fully saturated rings. The fraction of sp³-hybridized carbons (Fsp3) is 0.500. The van der Waals surface area contributed by atoms with E-state index in [0.29, 0.717) is 0 Å². The third-order valence-electron chi connectivity index (χ3n) is 3.83. The highest BCUT2D eigenvalue weighted by molar-refractivity contribution is 6.07. The van der Waals surface area contributed by atoms with Crippen molar-refractivity contribution in [1.29, 1.82) is 0 Å². The van der Waals surface area contributed by atoms with Crippen molar-refractivity contribution >= 4 is 11.8 Å². The Morgan fingerprint density at radius 1 is 1.07 bits per heavy atom. The van der Waals surface area contributed by atoms with Crippen molar-refractivity contribution in [3.8, 4) is 0 Å². The summed E-state index contributed by atoms with van der Waals surface area (Å²) in [5.41, 5.74) is 2.55. The number of hydrogen-bond acceptors (Lipinski definition) is 2. The van der Waals surface area contributed by atoms with Gasteiger partial charge in [-0.25, -0.2) is 0 Å². The number of rotatable bonds is 0. The largest absolute Gasteiger partial charge is 0.296 e. The molecule has 4 atom stereocenters. The fourth-order valence-corrected chi connectivity index (χ4v) is 3.35. The maximum atomic E-state index is 11.6. The van der Waals surface area contributed by atoms with Crippen LogP contribution in [-0.4, -0.2) is 11.8 Å². The van der Waals surface area contributed by atoms with E-state index in [1.807, 2.05) is 0 Å². The van der Waals surface area contributed by atoms with Gasteiger partial charge in [-0.05, 0) is 13.8 Å². The first-order chi connectivity index (χ1) is 7.11. The van der Waals surface area contributed by atoms with Crippen LogP contribution in [0, 0.1) is 23.7 Å². The zero-order valence-corrected chi connectivity index (χ0v) is 8.78. The van der Waals surface area contributed by atoms with Gasteiger partial charge in [0.15, 0.2) is 0 Å². The summed E-state index contributed by atoms with van der Waals surface area (Å²) in [5, 5.41) is 2.44. The number of carbonyl (C=O) groups excluding carboxylic acids is 2. The Morgan fingerprint density at radius 3 is 1.93 bits per heavy atom. The maximum Gasteiger partial charge on any atom is 0.231 e. The van der Waals surface area contributed by atoms with Crippen molar-refractivity contribution in [3.63, 3.8) is 0 Å². The van der Waals surface area contributed by atoms with Gasteiger partial charge >= 0.3 is 0 Å². The molecule has 1 saturated heterocycles. The normalized spacial score (nSPS) is 41.1. The van der Waals surface area contributed by atoms with E-state index >= 15 is 0 Å². The zero-order chi connectivity index (χ0) is 10.7. The van der Waals surface area contributed by atoms with E-state index in [-0.39, 0.29) is 35.5 Å². The SMILES string of the molecule is CC(C)=C1[C@H]2C=C[C@H]1[C@H]1C(=O)NC(=O)[C@H]12. The quantitative estimate of drug-likeness (QED) is 0.472. The van der Waals surface area contributed by atoms with E-state index in [9.17, 15) is 9.59 Å². The van der Waals surface area contributed by atoms with Crippen molar-refractivity contribution in [3.05, 3.63) is 23.3 Å². The van der Waals surface area contributed by atoms with E-state index in [0.717, 1.165) is 0 Å². The number of hydrogen-bond donors (Lipinski definition) is 1. The van der Waals surface area contributed by atoms with Gasteiger partial charge in [-0.2, -0.15) is 0 Å². The molecule has 0 unspecified atom stereocenters. The van der Waals surface area contributed by atoms with E-state index in [1.165, 1.54) is 11.1 Å². The number of allylic oxidation sites excluding steroid dienone is 4. The number of carbonyl (C=O) groups is 2.